The Labute approximate surface area is 152 Å². The lowest BCUT2D eigenvalue weighted by molar-refractivity contribution is 0.0634. The largest absolute Gasteiger partial charge is 0.374 e. The van der Waals surface area contributed by atoms with Crippen LogP contribution in [0.25, 0.3) is 10.8 Å². The predicted octanol–water partition coefficient (Wildman–Crippen LogP) is 3.43. The number of fused-ring (bicyclic) bond motifs is 1. The second-order valence-electron chi connectivity index (χ2n) is 6.13. The molecule has 2 aromatic carbocycles. The molecule has 1 heterocycles. The van der Waals surface area contributed by atoms with Crippen molar-refractivity contribution in [3.8, 4) is 0 Å². The summed E-state index contributed by atoms with van der Waals surface area (Å²) in [4.78, 5) is 26.9. The molecule has 0 bridgehead atoms. The van der Waals surface area contributed by atoms with Crippen LogP contribution in [0.3, 0.4) is 0 Å². The van der Waals surface area contributed by atoms with Crippen LogP contribution in [-0.4, -0.2) is 24.0 Å². The monoisotopic (exact) mass is 350 g/mol. The Morgan fingerprint density at radius 2 is 1.85 bits per heavy atom. The van der Waals surface area contributed by atoms with Crippen LogP contribution in [0.15, 0.2) is 65.5 Å². The number of hydrogen-bond donors (Lipinski definition) is 2. The molecule has 134 valence electrons. The van der Waals surface area contributed by atoms with Gasteiger partial charge in [-0.05, 0) is 36.4 Å². The Bertz CT molecular complexity index is 935. The van der Waals surface area contributed by atoms with Gasteiger partial charge in [-0.2, -0.15) is 0 Å². The molecule has 0 fully saturated rings. The van der Waals surface area contributed by atoms with Crippen LogP contribution in [0, 0.1) is 0 Å². The maximum absolute atomic E-state index is 12.2. The second-order valence-corrected chi connectivity index (χ2v) is 6.13. The molecule has 5 heteroatoms. The van der Waals surface area contributed by atoms with E-state index in [0.29, 0.717) is 25.0 Å². The Hall–Kier alpha value is -2.92. The van der Waals surface area contributed by atoms with Gasteiger partial charge in [0.15, 0.2) is 0 Å². The van der Waals surface area contributed by atoms with E-state index in [1.807, 2.05) is 49.4 Å². The topological polar surface area (TPSA) is 71.2 Å². The molecule has 0 saturated carbocycles. The Morgan fingerprint density at radius 1 is 1.12 bits per heavy atom. The number of carbonyl (C=O) groups excluding carboxylic acids is 1. The normalized spacial score (nSPS) is 12.0. The van der Waals surface area contributed by atoms with Crippen molar-refractivity contribution in [2.24, 2.45) is 0 Å². The van der Waals surface area contributed by atoms with Crippen molar-refractivity contribution < 1.29 is 9.53 Å². The molecular formula is C21H22N2O3. The standard InChI is InChI=1S/C21H22N2O3/c1-15(16-8-3-2-4-9-16)26-13-7-12-22-21(25)19-14-17-10-5-6-11-18(17)20(24)23-19/h2-6,8-11,14-15H,7,12-13H2,1H3,(H,22,25)(H,23,24). The first-order valence-corrected chi connectivity index (χ1v) is 8.72. The third-order valence-corrected chi connectivity index (χ3v) is 4.24. The molecule has 1 amide bonds. The third kappa shape index (κ3) is 4.37. The summed E-state index contributed by atoms with van der Waals surface area (Å²) >= 11 is 0. The lowest BCUT2D eigenvalue weighted by atomic mass is 10.1. The number of aromatic amines is 1. The summed E-state index contributed by atoms with van der Waals surface area (Å²) in [5.41, 5.74) is 1.14. The van der Waals surface area contributed by atoms with E-state index >= 15 is 0 Å². The smallest absolute Gasteiger partial charge is 0.267 e. The minimum Gasteiger partial charge on any atom is -0.374 e. The van der Waals surface area contributed by atoms with Crippen LogP contribution in [0.4, 0.5) is 0 Å². The summed E-state index contributed by atoms with van der Waals surface area (Å²) in [5.74, 6) is -0.288. The van der Waals surface area contributed by atoms with Gasteiger partial charge in [0.05, 0.1) is 6.10 Å². The fraction of sp³-hybridized carbons (Fsp3) is 0.238. The molecule has 1 atom stereocenters. The first kappa shape index (κ1) is 17.9. The average Bonchev–Trinajstić information content (AvgIpc) is 2.68. The van der Waals surface area contributed by atoms with E-state index in [9.17, 15) is 9.59 Å². The zero-order valence-electron chi connectivity index (χ0n) is 14.7. The maximum atomic E-state index is 12.2. The van der Waals surface area contributed by atoms with Gasteiger partial charge in [-0.1, -0.05) is 48.5 Å². The molecular weight excluding hydrogens is 328 g/mol. The molecule has 1 aromatic heterocycles. The van der Waals surface area contributed by atoms with E-state index in [1.54, 1.807) is 18.2 Å². The van der Waals surface area contributed by atoms with Gasteiger partial charge in [-0.3, -0.25) is 9.59 Å². The number of rotatable bonds is 7. The van der Waals surface area contributed by atoms with Crippen molar-refractivity contribution >= 4 is 16.7 Å². The number of benzene rings is 2. The number of hydrogen-bond acceptors (Lipinski definition) is 3. The minimum atomic E-state index is -0.288. The maximum Gasteiger partial charge on any atom is 0.267 e. The van der Waals surface area contributed by atoms with Crippen molar-refractivity contribution in [3.63, 3.8) is 0 Å². The summed E-state index contributed by atoms with van der Waals surface area (Å²) in [7, 11) is 0. The van der Waals surface area contributed by atoms with E-state index in [4.69, 9.17) is 4.74 Å². The molecule has 0 saturated heterocycles. The van der Waals surface area contributed by atoms with Crippen molar-refractivity contribution in [3.05, 3.63) is 82.3 Å². The minimum absolute atomic E-state index is 0.0174. The molecule has 3 rings (SSSR count). The van der Waals surface area contributed by atoms with E-state index < -0.39 is 0 Å². The van der Waals surface area contributed by atoms with Crippen molar-refractivity contribution in [1.29, 1.82) is 0 Å². The van der Waals surface area contributed by atoms with Crippen LogP contribution < -0.4 is 10.9 Å². The van der Waals surface area contributed by atoms with Gasteiger partial charge in [0.25, 0.3) is 11.5 Å². The molecule has 5 nitrogen and oxygen atoms in total. The summed E-state index contributed by atoms with van der Waals surface area (Å²) in [5, 5.41) is 4.14. The highest BCUT2D eigenvalue weighted by atomic mass is 16.5. The number of carbonyl (C=O) groups is 1. The zero-order chi connectivity index (χ0) is 18.4. The number of H-pyrrole nitrogens is 1. The number of pyridine rings is 1. The number of amides is 1. The van der Waals surface area contributed by atoms with Crippen LogP contribution in [0.5, 0.6) is 0 Å². The van der Waals surface area contributed by atoms with E-state index in [2.05, 4.69) is 10.3 Å². The van der Waals surface area contributed by atoms with Crippen molar-refractivity contribution in [2.75, 3.05) is 13.2 Å². The van der Waals surface area contributed by atoms with Crippen LogP contribution in [0.1, 0.15) is 35.5 Å². The number of aromatic nitrogens is 1. The van der Waals surface area contributed by atoms with Gasteiger partial charge in [0.2, 0.25) is 0 Å². The van der Waals surface area contributed by atoms with Crippen LogP contribution >= 0.6 is 0 Å². The molecule has 0 aliphatic carbocycles. The highest BCUT2D eigenvalue weighted by molar-refractivity contribution is 5.96. The summed E-state index contributed by atoms with van der Waals surface area (Å²) in [6.07, 6.45) is 0.713. The fourth-order valence-electron chi connectivity index (χ4n) is 2.78. The Morgan fingerprint density at radius 3 is 2.65 bits per heavy atom. The lowest BCUT2D eigenvalue weighted by Gasteiger charge is -2.13. The Balaban J connectivity index is 1.48. The van der Waals surface area contributed by atoms with E-state index in [1.165, 1.54) is 0 Å². The lowest BCUT2D eigenvalue weighted by Crippen LogP contribution is -2.28. The average molecular weight is 350 g/mol. The predicted molar refractivity (Wildman–Crippen MR) is 102 cm³/mol. The molecule has 0 aliphatic rings. The third-order valence-electron chi connectivity index (χ3n) is 4.24. The molecule has 0 radical (unpaired) electrons. The fourth-order valence-corrected chi connectivity index (χ4v) is 2.78. The molecule has 26 heavy (non-hydrogen) atoms. The molecule has 0 spiro atoms. The highest BCUT2D eigenvalue weighted by Gasteiger charge is 2.09. The zero-order valence-corrected chi connectivity index (χ0v) is 14.7. The highest BCUT2D eigenvalue weighted by Crippen LogP contribution is 2.15. The number of nitrogens with one attached hydrogen (secondary N) is 2. The van der Waals surface area contributed by atoms with E-state index in [-0.39, 0.29) is 23.3 Å². The summed E-state index contributed by atoms with van der Waals surface area (Å²) < 4.78 is 5.78. The van der Waals surface area contributed by atoms with Gasteiger partial charge in [0, 0.05) is 18.5 Å². The second kappa shape index (κ2) is 8.45. The SMILES string of the molecule is CC(OCCCNC(=O)c1cc2ccccc2c(=O)[nH]1)c1ccccc1. The van der Waals surface area contributed by atoms with Crippen LogP contribution in [-0.2, 0) is 4.74 Å². The first-order chi connectivity index (χ1) is 12.6. The molecule has 1 unspecified atom stereocenters. The van der Waals surface area contributed by atoms with Crippen LogP contribution in [0.2, 0.25) is 0 Å². The number of ether oxygens (including phenoxy) is 1. The summed E-state index contributed by atoms with van der Waals surface area (Å²) in [6, 6.07) is 18.9. The molecule has 3 aromatic rings. The quantitative estimate of drug-likeness (QED) is 0.641. The van der Waals surface area contributed by atoms with Gasteiger partial charge in [0.1, 0.15) is 5.69 Å². The van der Waals surface area contributed by atoms with Gasteiger partial charge >= 0.3 is 0 Å². The van der Waals surface area contributed by atoms with Crippen molar-refractivity contribution in [2.45, 2.75) is 19.4 Å². The van der Waals surface area contributed by atoms with Gasteiger partial charge in [-0.15, -0.1) is 0 Å². The molecule has 0 aliphatic heterocycles. The summed E-state index contributed by atoms with van der Waals surface area (Å²) in [6.45, 7) is 3.04. The van der Waals surface area contributed by atoms with Gasteiger partial charge in [-0.25, -0.2) is 0 Å². The molecule has 2 N–H and O–H groups in total. The van der Waals surface area contributed by atoms with Crippen molar-refractivity contribution in [1.82, 2.24) is 10.3 Å². The first-order valence-electron chi connectivity index (χ1n) is 8.72. The Kier molecular flexibility index (Phi) is 5.81. The van der Waals surface area contributed by atoms with Gasteiger partial charge < -0.3 is 15.0 Å². The van der Waals surface area contributed by atoms with E-state index in [0.717, 1.165) is 10.9 Å².